The number of nitrogens with one attached hydrogen (secondary N) is 1. The molecule has 0 bridgehead atoms. The molecular formula is C26H27BrN2O4. The Kier molecular flexibility index (Phi) is 8.11. The summed E-state index contributed by atoms with van der Waals surface area (Å²) >= 11 is 3.43. The highest BCUT2D eigenvalue weighted by atomic mass is 79.9. The van der Waals surface area contributed by atoms with E-state index in [9.17, 15) is 4.79 Å². The van der Waals surface area contributed by atoms with Crippen molar-refractivity contribution in [1.29, 1.82) is 0 Å². The summed E-state index contributed by atoms with van der Waals surface area (Å²) in [6, 6.07) is 21.7. The van der Waals surface area contributed by atoms with E-state index in [0.29, 0.717) is 17.2 Å². The zero-order chi connectivity index (χ0) is 23.8. The third-order valence-corrected chi connectivity index (χ3v) is 5.89. The molecule has 0 aliphatic rings. The Morgan fingerprint density at radius 2 is 1.67 bits per heavy atom. The number of carbonyl (C=O) groups excluding carboxylic acids is 1. The van der Waals surface area contributed by atoms with Crippen LogP contribution in [0.4, 0.5) is 0 Å². The topological polar surface area (TPSA) is 69.2 Å². The SMILES string of the molecule is COc1cc(/C=N/NC(=O)COc2ccc(C(C)(C)c3ccccc3)cc2)cc(Br)c1OC. The fraction of sp³-hybridized carbons (Fsp3) is 0.231. The Bertz CT molecular complexity index is 1110. The molecule has 1 N–H and O–H groups in total. The molecule has 0 spiro atoms. The van der Waals surface area contributed by atoms with Gasteiger partial charge in [-0.05, 0) is 56.9 Å². The first-order valence-electron chi connectivity index (χ1n) is 10.4. The second-order valence-electron chi connectivity index (χ2n) is 7.84. The molecule has 3 rings (SSSR count). The molecule has 3 aromatic carbocycles. The monoisotopic (exact) mass is 510 g/mol. The van der Waals surface area contributed by atoms with Gasteiger partial charge in [0.25, 0.3) is 5.91 Å². The Hall–Kier alpha value is -3.32. The minimum Gasteiger partial charge on any atom is -0.493 e. The first kappa shape index (κ1) is 24.3. The lowest BCUT2D eigenvalue weighted by Crippen LogP contribution is -2.24. The molecule has 0 saturated heterocycles. The molecule has 172 valence electrons. The van der Waals surface area contributed by atoms with Crippen LogP contribution in [0.3, 0.4) is 0 Å². The maximum atomic E-state index is 12.1. The summed E-state index contributed by atoms with van der Waals surface area (Å²) in [5.41, 5.74) is 5.46. The molecule has 0 aliphatic heterocycles. The van der Waals surface area contributed by atoms with Gasteiger partial charge in [-0.1, -0.05) is 56.3 Å². The lowest BCUT2D eigenvalue weighted by molar-refractivity contribution is -0.123. The van der Waals surface area contributed by atoms with Gasteiger partial charge in [0, 0.05) is 5.41 Å². The number of nitrogens with zero attached hydrogens (tertiary/aromatic N) is 1. The van der Waals surface area contributed by atoms with E-state index in [1.54, 1.807) is 20.3 Å². The number of carbonyl (C=O) groups is 1. The van der Waals surface area contributed by atoms with Crippen molar-refractivity contribution < 1.29 is 19.0 Å². The van der Waals surface area contributed by atoms with E-state index in [-0.39, 0.29) is 17.9 Å². The predicted molar refractivity (Wildman–Crippen MR) is 133 cm³/mol. The van der Waals surface area contributed by atoms with Crippen molar-refractivity contribution in [3.63, 3.8) is 0 Å². The van der Waals surface area contributed by atoms with Gasteiger partial charge in [-0.25, -0.2) is 5.43 Å². The van der Waals surface area contributed by atoms with Crippen LogP contribution in [0.2, 0.25) is 0 Å². The fourth-order valence-corrected chi connectivity index (χ4v) is 3.98. The molecule has 6 nitrogen and oxygen atoms in total. The van der Waals surface area contributed by atoms with Crippen LogP contribution in [-0.4, -0.2) is 32.9 Å². The van der Waals surface area contributed by atoms with Gasteiger partial charge in [-0.3, -0.25) is 4.79 Å². The van der Waals surface area contributed by atoms with Gasteiger partial charge in [0.1, 0.15) is 5.75 Å². The average Bonchev–Trinajstić information content (AvgIpc) is 2.83. The number of methoxy groups -OCH3 is 2. The van der Waals surface area contributed by atoms with Crippen LogP contribution in [0.1, 0.15) is 30.5 Å². The molecule has 0 fully saturated rings. The molecular weight excluding hydrogens is 484 g/mol. The second-order valence-corrected chi connectivity index (χ2v) is 8.69. The number of amides is 1. The number of hydrazone groups is 1. The maximum Gasteiger partial charge on any atom is 0.277 e. The zero-order valence-corrected chi connectivity index (χ0v) is 20.7. The molecule has 0 unspecified atom stereocenters. The summed E-state index contributed by atoms with van der Waals surface area (Å²) in [5, 5.41) is 3.98. The minimum atomic E-state index is -0.362. The molecule has 0 saturated carbocycles. The van der Waals surface area contributed by atoms with E-state index in [0.717, 1.165) is 15.6 Å². The van der Waals surface area contributed by atoms with E-state index in [4.69, 9.17) is 14.2 Å². The highest BCUT2D eigenvalue weighted by molar-refractivity contribution is 9.10. The average molecular weight is 511 g/mol. The Balaban J connectivity index is 1.55. The van der Waals surface area contributed by atoms with E-state index in [1.807, 2.05) is 48.5 Å². The molecule has 0 aromatic heterocycles. The normalized spacial score (nSPS) is 11.3. The van der Waals surface area contributed by atoms with Crippen LogP contribution < -0.4 is 19.6 Å². The van der Waals surface area contributed by atoms with Gasteiger partial charge in [0.05, 0.1) is 24.9 Å². The van der Waals surface area contributed by atoms with Crippen LogP contribution in [0.15, 0.2) is 76.3 Å². The molecule has 0 heterocycles. The van der Waals surface area contributed by atoms with Crippen molar-refractivity contribution in [3.8, 4) is 17.2 Å². The highest BCUT2D eigenvalue weighted by Crippen LogP contribution is 2.36. The molecule has 3 aromatic rings. The third-order valence-electron chi connectivity index (χ3n) is 5.30. The number of ether oxygens (including phenoxy) is 3. The summed E-state index contributed by atoms with van der Waals surface area (Å²) in [6.45, 7) is 4.22. The summed E-state index contributed by atoms with van der Waals surface area (Å²) in [4.78, 5) is 12.1. The Morgan fingerprint density at radius 1 is 1.00 bits per heavy atom. The largest absolute Gasteiger partial charge is 0.493 e. The third kappa shape index (κ3) is 6.14. The molecule has 0 radical (unpaired) electrons. The number of benzene rings is 3. The Morgan fingerprint density at radius 3 is 2.30 bits per heavy atom. The number of hydrogen-bond acceptors (Lipinski definition) is 5. The van der Waals surface area contributed by atoms with Crippen molar-refractivity contribution in [2.75, 3.05) is 20.8 Å². The van der Waals surface area contributed by atoms with Crippen molar-refractivity contribution in [3.05, 3.63) is 87.9 Å². The van der Waals surface area contributed by atoms with E-state index < -0.39 is 0 Å². The minimum absolute atomic E-state index is 0.134. The van der Waals surface area contributed by atoms with Gasteiger partial charge < -0.3 is 14.2 Å². The van der Waals surface area contributed by atoms with Gasteiger partial charge >= 0.3 is 0 Å². The Labute approximate surface area is 202 Å². The second kappa shape index (κ2) is 11.0. The first-order chi connectivity index (χ1) is 15.8. The van der Waals surface area contributed by atoms with Crippen molar-refractivity contribution in [2.45, 2.75) is 19.3 Å². The highest BCUT2D eigenvalue weighted by Gasteiger charge is 2.22. The lowest BCUT2D eigenvalue weighted by atomic mass is 9.78. The smallest absolute Gasteiger partial charge is 0.277 e. The van der Waals surface area contributed by atoms with E-state index >= 15 is 0 Å². The lowest BCUT2D eigenvalue weighted by Gasteiger charge is -2.26. The molecule has 0 atom stereocenters. The van der Waals surface area contributed by atoms with Gasteiger partial charge in [-0.15, -0.1) is 0 Å². The molecule has 0 aliphatic carbocycles. The van der Waals surface area contributed by atoms with Crippen LogP contribution in [-0.2, 0) is 10.2 Å². The van der Waals surface area contributed by atoms with Crippen LogP contribution in [0, 0.1) is 0 Å². The van der Waals surface area contributed by atoms with Gasteiger partial charge in [-0.2, -0.15) is 5.10 Å². The van der Waals surface area contributed by atoms with Crippen molar-refractivity contribution in [1.82, 2.24) is 5.43 Å². The number of rotatable bonds is 9. The summed E-state index contributed by atoms with van der Waals surface area (Å²) in [7, 11) is 3.12. The molecule has 33 heavy (non-hydrogen) atoms. The summed E-state index contributed by atoms with van der Waals surface area (Å²) < 4.78 is 16.9. The van der Waals surface area contributed by atoms with Gasteiger partial charge in [0.15, 0.2) is 18.1 Å². The van der Waals surface area contributed by atoms with Crippen molar-refractivity contribution in [2.24, 2.45) is 5.10 Å². The predicted octanol–water partition coefficient (Wildman–Crippen LogP) is 5.32. The van der Waals surface area contributed by atoms with Crippen LogP contribution in [0.25, 0.3) is 0 Å². The first-order valence-corrected chi connectivity index (χ1v) is 11.2. The molecule has 7 heteroatoms. The summed E-state index contributed by atoms with van der Waals surface area (Å²) in [6.07, 6.45) is 1.52. The standard InChI is InChI=1S/C26H27BrN2O4/c1-26(2,19-8-6-5-7-9-19)20-10-12-21(13-11-20)33-17-24(30)29-28-16-18-14-22(27)25(32-4)23(15-18)31-3/h5-16H,17H2,1-4H3,(H,29,30)/b28-16+. The van der Waals surface area contributed by atoms with E-state index in [1.165, 1.54) is 11.8 Å². The number of halogens is 1. The molecule has 1 amide bonds. The fourth-order valence-electron chi connectivity index (χ4n) is 3.36. The van der Waals surface area contributed by atoms with E-state index in [2.05, 4.69) is 52.4 Å². The quantitative estimate of drug-likeness (QED) is 0.312. The van der Waals surface area contributed by atoms with Crippen molar-refractivity contribution >= 4 is 28.1 Å². The maximum absolute atomic E-state index is 12.1. The van der Waals surface area contributed by atoms with Crippen LogP contribution in [0.5, 0.6) is 17.2 Å². The van der Waals surface area contributed by atoms with Gasteiger partial charge in [0.2, 0.25) is 0 Å². The summed E-state index contributed by atoms with van der Waals surface area (Å²) in [5.74, 6) is 1.40. The number of hydrogen-bond donors (Lipinski definition) is 1. The van der Waals surface area contributed by atoms with Crippen LogP contribution >= 0.6 is 15.9 Å². The zero-order valence-electron chi connectivity index (χ0n) is 19.1.